The summed E-state index contributed by atoms with van der Waals surface area (Å²) in [5, 5.41) is 2.95. The van der Waals surface area contributed by atoms with Crippen molar-refractivity contribution in [2.75, 3.05) is 16.8 Å². The summed E-state index contributed by atoms with van der Waals surface area (Å²) in [6.45, 7) is 4.91. The van der Waals surface area contributed by atoms with Crippen molar-refractivity contribution in [3.8, 4) is 0 Å². The number of carbonyl (C=O) groups excluding carboxylic acids is 1. The van der Waals surface area contributed by atoms with E-state index in [2.05, 4.69) is 38.4 Å². The lowest BCUT2D eigenvalue weighted by Crippen LogP contribution is -2.26. The summed E-state index contributed by atoms with van der Waals surface area (Å²) >= 11 is 0. The first-order valence-electron chi connectivity index (χ1n) is 9.18. The molecule has 0 aliphatic carbocycles. The average Bonchev–Trinajstić information content (AvgIpc) is 2.71. The van der Waals surface area contributed by atoms with Crippen molar-refractivity contribution in [3.63, 3.8) is 0 Å². The van der Waals surface area contributed by atoms with E-state index in [9.17, 15) is 4.79 Å². The Morgan fingerprint density at radius 2 is 1.81 bits per heavy atom. The lowest BCUT2D eigenvalue weighted by atomic mass is 10.0. The van der Waals surface area contributed by atoms with E-state index in [1.54, 1.807) is 12.4 Å². The zero-order valence-corrected chi connectivity index (χ0v) is 15.6. The molecule has 0 fully saturated rings. The van der Waals surface area contributed by atoms with Gasteiger partial charge in [0.1, 0.15) is 0 Å². The van der Waals surface area contributed by atoms with Crippen molar-refractivity contribution in [3.05, 3.63) is 77.1 Å². The third kappa shape index (κ3) is 3.40. The summed E-state index contributed by atoms with van der Waals surface area (Å²) in [4.78, 5) is 23.6. The molecule has 0 atom stereocenters. The summed E-state index contributed by atoms with van der Waals surface area (Å²) in [6.07, 6.45) is 5.33. The first-order chi connectivity index (χ1) is 13.1. The summed E-state index contributed by atoms with van der Waals surface area (Å²) in [7, 11) is 0. The van der Waals surface area contributed by atoms with Crippen molar-refractivity contribution in [2.24, 2.45) is 0 Å². The molecule has 0 unspecified atom stereocenters. The molecular formula is C22H22N4O. The molecule has 0 radical (unpaired) electrons. The predicted octanol–water partition coefficient (Wildman–Crippen LogP) is 4.43. The Labute approximate surface area is 159 Å². The molecule has 0 saturated carbocycles. The van der Waals surface area contributed by atoms with E-state index in [0.29, 0.717) is 11.5 Å². The van der Waals surface area contributed by atoms with Gasteiger partial charge >= 0.3 is 0 Å². The summed E-state index contributed by atoms with van der Waals surface area (Å²) in [5.41, 5.74) is 5.93. The number of anilines is 3. The maximum Gasteiger partial charge on any atom is 0.258 e. The van der Waals surface area contributed by atoms with Crippen LogP contribution in [0.1, 0.15) is 33.5 Å². The second-order valence-electron chi connectivity index (χ2n) is 6.86. The number of aromatic nitrogens is 2. The van der Waals surface area contributed by atoms with Gasteiger partial charge in [-0.3, -0.25) is 4.79 Å². The van der Waals surface area contributed by atoms with Crippen LogP contribution >= 0.6 is 0 Å². The van der Waals surface area contributed by atoms with Crippen LogP contribution in [0, 0.1) is 13.8 Å². The Bertz CT molecular complexity index is 982. The van der Waals surface area contributed by atoms with Crippen LogP contribution in [0.5, 0.6) is 0 Å². The van der Waals surface area contributed by atoms with Crippen molar-refractivity contribution in [1.82, 2.24) is 9.97 Å². The van der Waals surface area contributed by atoms with E-state index in [1.807, 2.05) is 38.1 Å². The third-order valence-corrected chi connectivity index (χ3v) is 5.10. The molecule has 1 aromatic heterocycles. The number of fused-ring (bicyclic) bond motifs is 1. The number of amides is 1. The van der Waals surface area contributed by atoms with Gasteiger partial charge in [0.15, 0.2) is 0 Å². The van der Waals surface area contributed by atoms with Crippen LogP contribution in [0.2, 0.25) is 0 Å². The van der Waals surface area contributed by atoms with Crippen molar-refractivity contribution in [2.45, 2.75) is 26.7 Å². The first-order valence-corrected chi connectivity index (χ1v) is 9.18. The van der Waals surface area contributed by atoms with Crippen molar-refractivity contribution >= 4 is 23.2 Å². The van der Waals surface area contributed by atoms with E-state index in [0.717, 1.165) is 41.9 Å². The molecule has 2 heterocycles. The minimum Gasteiger partial charge on any atom is -0.322 e. The summed E-state index contributed by atoms with van der Waals surface area (Å²) in [6, 6.07) is 14.2. The molecule has 1 aliphatic rings. The van der Waals surface area contributed by atoms with E-state index in [-0.39, 0.29) is 5.91 Å². The van der Waals surface area contributed by atoms with Crippen LogP contribution in [0.4, 0.5) is 17.3 Å². The maximum atomic E-state index is 12.6. The number of para-hydroxylation sites is 1. The van der Waals surface area contributed by atoms with E-state index in [4.69, 9.17) is 0 Å². The fourth-order valence-electron chi connectivity index (χ4n) is 3.40. The lowest BCUT2D eigenvalue weighted by molar-refractivity contribution is 0.102. The highest BCUT2D eigenvalue weighted by molar-refractivity contribution is 6.04. The predicted molar refractivity (Wildman–Crippen MR) is 108 cm³/mol. The molecule has 5 heteroatoms. The molecule has 4 rings (SSSR count). The van der Waals surface area contributed by atoms with Gasteiger partial charge in [-0.25, -0.2) is 9.97 Å². The molecule has 1 N–H and O–H groups in total. The molecule has 1 amide bonds. The molecule has 27 heavy (non-hydrogen) atoms. The van der Waals surface area contributed by atoms with Crippen molar-refractivity contribution in [1.29, 1.82) is 0 Å². The van der Waals surface area contributed by atoms with Crippen LogP contribution in [-0.4, -0.2) is 22.4 Å². The normalized spacial score (nSPS) is 13.2. The summed E-state index contributed by atoms with van der Waals surface area (Å²) in [5.74, 6) is 0.430. The third-order valence-electron chi connectivity index (χ3n) is 5.10. The highest BCUT2D eigenvalue weighted by Crippen LogP contribution is 2.31. The quantitative estimate of drug-likeness (QED) is 0.752. The number of rotatable bonds is 3. The van der Waals surface area contributed by atoms with Crippen LogP contribution in [0.3, 0.4) is 0 Å². The smallest absolute Gasteiger partial charge is 0.258 e. The van der Waals surface area contributed by atoms with Gasteiger partial charge < -0.3 is 10.2 Å². The Morgan fingerprint density at radius 3 is 2.63 bits per heavy atom. The van der Waals surface area contributed by atoms with E-state index >= 15 is 0 Å². The van der Waals surface area contributed by atoms with Gasteiger partial charge in [-0.05, 0) is 55.5 Å². The topological polar surface area (TPSA) is 58.1 Å². The molecule has 2 aromatic carbocycles. The molecular weight excluding hydrogens is 336 g/mol. The van der Waals surface area contributed by atoms with Gasteiger partial charge in [0.25, 0.3) is 5.91 Å². The molecule has 5 nitrogen and oxygen atoms in total. The number of hydrogen-bond donors (Lipinski definition) is 1. The zero-order valence-electron chi connectivity index (χ0n) is 15.6. The van der Waals surface area contributed by atoms with E-state index in [1.165, 1.54) is 5.56 Å². The number of nitrogens with one attached hydrogen (secondary N) is 1. The SMILES string of the molecule is Cc1cccc(NC(=O)c2cnc(N3CCCc4ccccc43)nc2)c1C. The average molecular weight is 358 g/mol. The highest BCUT2D eigenvalue weighted by Gasteiger charge is 2.20. The van der Waals surface area contributed by atoms with Gasteiger partial charge in [-0.15, -0.1) is 0 Å². The molecule has 0 spiro atoms. The fourth-order valence-corrected chi connectivity index (χ4v) is 3.40. The first kappa shape index (κ1) is 17.2. The molecule has 1 aliphatic heterocycles. The number of aryl methyl sites for hydroxylation is 2. The van der Waals surface area contributed by atoms with Gasteiger partial charge in [0, 0.05) is 30.3 Å². The van der Waals surface area contributed by atoms with Gasteiger partial charge in [0.2, 0.25) is 5.95 Å². The number of carbonyl (C=O) groups is 1. The van der Waals surface area contributed by atoms with Gasteiger partial charge in [-0.2, -0.15) is 0 Å². The largest absolute Gasteiger partial charge is 0.322 e. The molecule has 3 aromatic rings. The Morgan fingerprint density at radius 1 is 1.04 bits per heavy atom. The van der Waals surface area contributed by atoms with Gasteiger partial charge in [-0.1, -0.05) is 30.3 Å². The molecule has 0 bridgehead atoms. The van der Waals surface area contributed by atoms with E-state index < -0.39 is 0 Å². The van der Waals surface area contributed by atoms with Crippen LogP contribution < -0.4 is 10.2 Å². The summed E-state index contributed by atoms with van der Waals surface area (Å²) < 4.78 is 0. The highest BCUT2D eigenvalue weighted by atomic mass is 16.1. The van der Waals surface area contributed by atoms with Crippen LogP contribution in [-0.2, 0) is 6.42 Å². The van der Waals surface area contributed by atoms with Gasteiger partial charge in [0.05, 0.1) is 5.56 Å². The number of benzene rings is 2. The second kappa shape index (κ2) is 7.19. The molecule has 0 saturated heterocycles. The zero-order chi connectivity index (χ0) is 18.8. The number of hydrogen-bond acceptors (Lipinski definition) is 4. The molecule has 136 valence electrons. The lowest BCUT2D eigenvalue weighted by Gasteiger charge is -2.29. The minimum absolute atomic E-state index is 0.200. The minimum atomic E-state index is -0.200. The monoisotopic (exact) mass is 358 g/mol. The Hall–Kier alpha value is -3.21. The Balaban J connectivity index is 1.54. The maximum absolute atomic E-state index is 12.6. The van der Waals surface area contributed by atoms with Crippen LogP contribution in [0.25, 0.3) is 0 Å². The standard InChI is InChI=1S/C22H22N4O/c1-15-7-5-10-19(16(15)2)25-21(27)18-13-23-22(24-14-18)26-12-6-9-17-8-3-4-11-20(17)26/h3-5,7-8,10-11,13-14H,6,9,12H2,1-2H3,(H,25,27). The fraction of sp³-hybridized carbons (Fsp3) is 0.227. The second-order valence-corrected chi connectivity index (χ2v) is 6.86. The van der Waals surface area contributed by atoms with Crippen molar-refractivity contribution < 1.29 is 4.79 Å². The Kier molecular flexibility index (Phi) is 4.59. The van der Waals surface area contributed by atoms with Crippen LogP contribution in [0.15, 0.2) is 54.9 Å². The number of nitrogens with zero attached hydrogens (tertiary/aromatic N) is 3.